The van der Waals surface area contributed by atoms with Crippen LogP contribution in [0.3, 0.4) is 0 Å². The molecule has 0 bridgehead atoms. The van der Waals surface area contributed by atoms with Crippen molar-refractivity contribution in [3.8, 4) is 0 Å². The average molecular weight is 451 g/mol. The Labute approximate surface area is 180 Å². The molecule has 1 fully saturated rings. The van der Waals surface area contributed by atoms with Crippen LogP contribution in [-0.2, 0) is 19.6 Å². The smallest absolute Gasteiger partial charge is 0.250 e. The molecule has 1 aliphatic heterocycles. The number of piperidine rings is 1. The van der Waals surface area contributed by atoms with Gasteiger partial charge in [0, 0.05) is 24.8 Å². The lowest BCUT2D eigenvalue weighted by Crippen LogP contribution is -2.51. The van der Waals surface area contributed by atoms with Crippen LogP contribution in [0.5, 0.6) is 0 Å². The van der Waals surface area contributed by atoms with E-state index >= 15 is 0 Å². The fourth-order valence-electron chi connectivity index (χ4n) is 3.25. The van der Waals surface area contributed by atoms with E-state index in [-0.39, 0.29) is 22.1 Å². The van der Waals surface area contributed by atoms with Gasteiger partial charge in [-0.1, -0.05) is 24.3 Å². The first-order valence-electron chi connectivity index (χ1n) is 9.77. The van der Waals surface area contributed by atoms with Crippen molar-refractivity contribution in [3.63, 3.8) is 0 Å². The third-order valence-corrected chi connectivity index (χ3v) is 7.78. The van der Waals surface area contributed by atoms with Crippen molar-refractivity contribution >= 4 is 38.9 Å². The number of benzene rings is 1. The van der Waals surface area contributed by atoms with E-state index in [1.807, 2.05) is 35.2 Å². The van der Waals surface area contributed by atoms with Crippen LogP contribution in [0.25, 0.3) is 0 Å². The van der Waals surface area contributed by atoms with Crippen LogP contribution in [0.4, 0.5) is 5.69 Å². The molecule has 0 aliphatic carbocycles. The third-order valence-electron chi connectivity index (χ3n) is 4.84. The number of likely N-dealkylation sites (tertiary alicyclic amines) is 1. The molecule has 0 saturated carbocycles. The molecule has 0 spiro atoms. The van der Waals surface area contributed by atoms with E-state index in [0.29, 0.717) is 32.5 Å². The number of nitrogens with one attached hydrogen (secondary N) is 3. The number of nitrogens with zero attached hydrogens (tertiary/aromatic N) is 1. The highest BCUT2D eigenvalue weighted by Crippen LogP contribution is 2.16. The van der Waals surface area contributed by atoms with Gasteiger partial charge in [0.05, 0.1) is 12.6 Å². The number of sulfonamides is 1. The molecule has 0 radical (unpaired) electrons. The van der Waals surface area contributed by atoms with Crippen molar-refractivity contribution in [2.24, 2.45) is 0 Å². The fraction of sp³-hybridized carbons (Fsp3) is 0.400. The summed E-state index contributed by atoms with van der Waals surface area (Å²) in [6.45, 7) is 3.20. The lowest BCUT2D eigenvalue weighted by Gasteiger charge is -2.32. The monoisotopic (exact) mass is 450 g/mol. The summed E-state index contributed by atoms with van der Waals surface area (Å²) in [6.07, 6.45) is 1.41. The zero-order chi connectivity index (χ0) is 21.6. The number of rotatable bonds is 8. The van der Waals surface area contributed by atoms with Crippen LogP contribution in [-0.4, -0.2) is 56.9 Å². The molecule has 30 heavy (non-hydrogen) atoms. The highest BCUT2D eigenvalue weighted by molar-refractivity contribution is 7.91. The first-order valence-corrected chi connectivity index (χ1v) is 12.1. The highest BCUT2D eigenvalue weighted by Gasteiger charge is 2.26. The molecule has 3 N–H and O–H groups in total. The number of anilines is 1. The van der Waals surface area contributed by atoms with E-state index in [1.165, 1.54) is 13.0 Å². The minimum absolute atomic E-state index is 0.0420. The number of para-hydroxylation sites is 1. The summed E-state index contributed by atoms with van der Waals surface area (Å²) in [5.74, 6) is -0.421. The quantitative estimate of drug-likeness (QED) is 0.567. The van der Waals surface area contributed by atoms with Crippen molar-refractivity contribution in [2.45, 2.75) is 36.1 Å². The molecule has 3 rings (SSSR count). The van der Waals surface area contributed by atoms with Gasteiger partial charge in [-0.2, -0.15) is 4.72 Å². The van der Waals surface area contributed by atoms with Gasteiger partial charge in [0.2, 0.25) is 11.8 Å². The van der Waals surface area contributed by atoms with Gasteiger partial charge in [-0.25, -0.2) is 8.42 Å². The lowest BCUT2D eigenvalue weighted by atomic mass is 10.0. The van der Waals surface area contributed by atoms with E-state index < -0.39 is 16.1 Å². The first kappa shape index (κ1) is 22.4. The summed E-state index contributed by atoms with van der Waals surface area (Å²) in [6, 6.07) is 11.5. The zero-order valence-electron chi connectivity index (χ0n) is 16.7. The lowest BCUT2D eigenvalue weighted by molar-refractivity contribution is -0.123. The maximum absolute atomic E-state index is 12.4. The number of hydrogen-bond donors (Lipinski definition) is 3. The summed E-state index contributed by atoms with van der Waals surface area (Å²) in [4.78, 5) is 26.6. The van der Waals surface area contributed by atoms with Crippen LogP contribution in [0.1, 0.15) is 19.8 Å². The van der Waals surface area contributed by atoms with Crippen LogP contribution >= 0.6 is 11.3 Å². The Morgan fingerprint density at radius 1 is 1.13 bits per heavy atom. The maximum atomic E-state index is 12.4. The fourth-order valence-corrected chi connectivity index (χ4v) is 5.46. The van der Waals surface area contributed by atoms with Crippen LogP contribution in [0, 0.1) is 0 Å². The molecule has 1 aromatic carbocycles. The Morgan fingerprint density at radius 2 is 1.83 bits per heavy atom. The van der Waals surface area contributed by atoms with Gasteiger partial charge in [0.25, 0.3) is 10.0 Å². The third kappa shape index (κ3) is 6.36. The van der Waals surface area contributed by atoms with Crippen molar-refractivity contribution in [1.29, 1.82) is 0 Å². The highest BCUT2D eigenvalue weighted by atomic mass is 32.2. The standard InChI is InChI=1S/C20H26N4O4S2/c1-15(23-30(27,28)19-8-5-13-29-19)20(26)22-17-9-11-24(12-10-17)14-18(25)21-16-6-3-2-4-7-16/h2-8,13,15,17,23H,9-12,14H2,1H3,(H,21,25)(H,22,26). The van der Waals surface area contributed by atoms with E-state index in [9.17, 15) is 18.0 Å². The summed E-state index contributed by atoms with van der Waals surface area (Å²) < 4.78 is 27.1. The van der Waals surface area contributed by atoms with E-state index in [2.05, 4.69) is 15.4 Å². The van der Waals surface area contributed by atoms with Gasteiger partial charge in [-0.3, -0.25) is 14.5 Å². The van der Waals surface area contributed by atoms with Crippen molar-refractivity contribution in [3.05, 3.63) is 47.8 Å². The number of carbonyl (C=O) groups is 2. The maximum Gasteiger partial charge on any atom is 0.250 e. The minimum Gasteiger partial charge on any atom is -0.352 e. The second kappa shape index (κ2) is 10.2. The van der Waals surface area contributed by atoms with E-state index in [1.54, 1.807) is 11.4 Å². The first-order chi connectivity index (χ1) is 14.3. The molecular weight excluding hydrogens is 424 g/mol. The molecule has 1 unspecified atom stereocenters. The molecule has 1 saturated heterocycles. The Morgan fingerprint density at radius 3 is 2.47 bits per heavy atom. The van der Waals surface area contributed by atoms with Crippen LogP contribution in [0.15, 0.2) is 52.1 Å². The second-order valence-corrected chi connectivity index (χ2v) is 10.1. The van der Waals surface area contributed by atoms with Crippen molar-refractivity contribution in [2.75, 3.05) is 25.0 Å². The van der Waals surface area contributed by atoms with Crippen LogP contribution < -0.4 is 15.4 Å². The number of amides is 2. The summed E-state index contributed by atoms with van der Waals surface area (Å²) in [5.41, 5.74) is 0.767. The molecule has 2 aromatic rings. The molecule has 2 heterocycles. The largest absolute Gasteiger partial charge is 0.352 e. The SMILES string of the molecule is CC(NS(=O)(=O)c1cccs1)C(=O)NC1CCN(CC(=O)Nc2ccccc2)CC1. The number of carbonyl (C=O) groups excluding carboxylic acids is 2. The van der Waals surface area contributed by atoms with Gasteiger partial charge in [-0.05, 0) is 43.3 Å². The number of thiophene rings is 1. The Balaban J connectivity index is 1.40. The minimum atomic E-state index is -3.70. The summed E-state index contributed by atoms with van der Waals surface area (Å²) in [7, 11) is -3.70. The van der Waals surface area contributed by atoms with Crippen molar-refractivity contribution in [1.82, 2.24) is 14.9 Å². The van der Waals surface area contributed by atoms with Gasteiger partial charge < -0.3 is 10.6 Å². The van der Waals surface area contributed by atoms with Gasteiger partial charge in [0.15, 0.2) is 0 Å². The van der Waals surface area contributed by atoms with Crippen LogP contribution in [0.2, 0.25) is 0 Å². The van der Waals surface area contributed by atoms with E-state index in [4.69, 9.17) is 0 Å². The summed E-state index contributed by atoms with van der Waals surface area (Å²) >= 11 is 1.10. The molecule has 1 aromatic heterocycles. The molecule has 10 heteroatoms. The molecule has 1 aliphatic rings. The second-order valence-electron chi connectivity index (χ2n) is 7.25. The molecular formula is C20H26N4O4S2. The molecule has 162 valence electrons. The molecule has 2 amide bonds. The normalized spacial score (nSPS) is 16.7. The van der Waals surface area contributed by atoms with E-state index in [0.717, 1.165) is 17.0 Å². The predicted molar refractivity (Wildman–Crippen MR) is 117 cm³/mol. The predicted octanol–water partition coefficient (Wildman–Crippen LogP) is 1.63. The van der Waals surface area contributed by atoms with Gasteiger partial charge >= 0.3 is 0 Å². The molecule has 1 atom stereocenters. The molecule has 8 nitrogen and oxygen atoms in total. The Kier molecular flexibility index (Phi) is 7.59. The Bertz CT molecular complexity index is 940. The zero-order valence-corrected chi connectivity index (χ0v) is 18.3. The topological polar surface area (TPSA) is 108 Å². The number of hydrogen-bond acceptors (Lipinski definition) is 6. The van der Waals surface area contributed by atoms with Gasteiger partial charge in [0.1, 0.15) is 4.21 Å². The average Bonchev–Trinajstić information content (AvgIpc) is 3.26. The van der Waals surface area contributed by atoms with Gasteiger partial charge in [-0.15, -0.1) is 11.3 Å². The van der Waals surface area contributed by atoms with Crippen molar-refractivity contribution < 1.29 is 18.0 Å². The summed E-state index contributed by atoms with van der Waals surface area (Å²) in [5, 5.41) is 7.45. The Hall–Kier alpha value is -2.27.